The number of benzene rings is 1. The monoisotopic (exact) mass is 389 g/mol. The van der Waals surface area contributed by atoms with Gasteiger partial charge in [0.2, 0.25) is 0 Å². The van der Waals surface area contributed by atoms with Crippen molar-refractivity contribution in [2.75, 3.05) is 12.8 Å². The number of nitrogens with one attached hydrogen (secondary N) is 2. The quantitative estimate of drug-likeness (QED) is 0.599. The first-order valence-corrected chi connectivity index (χ1v) is 10.2. The Morgan fingerprint density at radius 2 is 2.12 bits per heavy atom. The second-order valence-electron chi connectivity index (χ2n) is 6.42. The molecule has 1 saturated carbocycles. The summed E-state index contributed by atoms with van der Waals surface area (Å²) in [5, 5.41) is 6.58. The third-order valence-electron chi connectivity index (χ3n) is 4.56. The predicted octanol–water partition coefficient (Wildman–Crippen LogP) is 3.45. The van der Waals surface area contributed by atoms with Crippen LogP contribution in [0.1, 0.15) is 43.7 Å². The molecule has 8 heteroatoms. The summed E-state index contributed by atoms with van der Waals surface area (Å²) in [4.78, 5) is 4.15. The maximum atomic E-state index is 12.8. The summed E-state index contributed by atoms with van der Waals surface area (Å²) >= 11 is 0. The molecule has 3 unspecified atom stereocenters. The molecule has 0 aliphatic heterocycles. The molecule has 0 bridgehead atoms. The molecule has 146 valence electrons. The van der Waals surface area contributed by atoms with Crippen LogP contribution in [0.3, 0.4) is 0 Å². The third kappa shape index (κ3) is 6.00. The number of rotatable bonds is 5. The van der Waals surface area contributed by atoms with Gasteiger partial charge in [-0.25, -0.2) is 0 Å². The Hall–Kier alpha value is -1.57. The van der Waals surface area contributed by atoms with E-state index in [9.17, 15) is 17.4 Å². The first kappa shape index (κ1) is 20.7. The summed E-state index contributed by atoms with van der Waals surface area (Å²) in [6, 6.07) is 5.43. The largest absolute Gasteiger partial charge is 0.416 e. The molecule has 3 atom stereocenters. The van der Waals surface area contributed by atoms with Crippen molar-refractivity contribution < 1.29 is 17.4 Å². The fourth-order valence-corrected chi connectivity index (χ4v) is 4.53. The van der Waals surface area contributed by atoms with Gasteiger partial charge in [-0.15, -0.1) is 0 Å². The molecule has 0 saturated heterocycles. The average Bonchev–Trinajstić information content (AvgIpc) is 2.64. The fraction of sp³-hybridized carbons (Fsp3) is 0.611. The van der Waals surface area contributed by atoms with Crippen LogP contribution in [0.15, 0.2) is 29.3 Å². The van der Waals surface area contributed by atoms with Gasteiger partial charge in [-0.1, -0.05) is 25.5 Å². The second-order valence-corrected chi connectivity index (χ2v) is 8.43. The number of nitrogens with zero attached hydrogens (tertiary/aromatic N) is 1. The number of hydrogen-bond donors (Lipinski definition) is 2. The Kier molecular flexibility index (Phi) is 7.49. The number of hydrogen-bond acceptors (Lipinski definition) is 2. The molecule has 0 amide bonds. The van der Waals surface area contributed by atoms with Crippen LogP contribution < -0.4 is 10.6 Å². The van der Waals surface area contributed by atoms with E-state index >= 15 is 0 Å². The Balaban J connectivity index is 1.91. The molecule has 0 radical (unpaired) electrons. The zero-order valence-electron chi connectivity index (χ0n) is 15.1. The molecule has 26 heavy (non-hydrogen) atoms. The van der Waals surface area contributed by atoms with Crippen molar-refractivity contribution in [3.05, 3.63) is 35.4 Å². The highest BCUT2D eigenvalue weighted by molar-refractivity contribution is 7.85. The topological polar surface area (TPSA) is 53.5 Å². The van der Waals surface area contributed by atoms with Gasteiger partial charge in [-0.05, 0) is 37.0 Å². The highest BCUT2D eigenvalue weighted by Crippen LogP contribution is 2.29. The zero-order chi connectivity index (χ0) is 19.2. The van der Waals surface area contributed by atoms with Crippen LogP contribution in [0.2, 0.25) is 0 Å². The molecular weight excluding hydrogens is 363 g/mol. The minimum Gasteiger partial charge on any atom is -0.354 e. The predicted molar refractivity (Wildman–Crippen MR) is 99.5 cm³/mol. The molecule has 1 aliphatic rings. The van der Waals surface area contributed by atoms with Gasteiger partial charge in [0.25, 0.3) is 0 Å². The number of guanidine groups is 1. The Labute approximate surface area is 155 Å². The van der Waals surface area contributed by atoms with E-state index in [4.69, 9.17) is 0 Å². The first-order chi connectivity index (χ1) is 12.3. The van der Waals surface area contributed by atoms with Crippen LogP contribution >= 0.6 is 0 Å². The van der Waals surface area contributed by atoms with Crippen molar-refractivity contribution >= 4 is 16.8 Å². The lowest BCUT2D eigenvalue weighted by atomic mass is 9.95. The van der Waals surface area contributed by atoms with E-state index in [1.165, 1.54) is 6.07 Å². The average molecular weight is 389 g/mol. The van der Waals surface area contributed by atoms with Gasteiger partial charge < -0.3 is 10.6 Å². The molecule has 0 spiro atoms. The number of aliphatic imine (C=N–C) groups is 1. The molecule has 1 aromatic carbocycles. The Bertz CT molecular complexity index is 649. The van der Waals surface area contributed by atoms with Gasteiger partial charge in [0.1, 0.15) is 0 Å². The van der Waals surface area contributed by atoms with E-state index in [2.05, 4.69) is 15.6 Å². The van der Waals surface area contributed by atoms with E-state index < -0.39 is 22.5 Å². The fourth-order valence-electron chi connectivity index (χ4n) is 3.18. The Morgan fingerprint density at radius 1 is 1.35 bits per heavy atom. The molecule has 1 aromatic rings. The van der Waals surface area contributed by atoms with Gasteiger partial charge in [-0.3, -0.25) is 9.20 Å². The van der Waals surface area contributed by atoms with Crippen molar-refractivity contribution in [1.82, 2.24) is 10.6 Å². The van der Waals surface area contributed by atoms with Gasteiger partial charge in [0, 0.05) is 41.4 Å². The lowest BCUT2D eigenvalue weighted by Gasteiger charge is -2.30. The van der Waals surface area contributed by atoms with Crippen molar-refractivity contribution in [2.24, 2.45) is 4.99 Å². The minimum atomic E-state index is -4.35. The van der Waals surface area contributed by atoms with Crippen LogP contribution in [-0.4, -0.2) is 34.3 Å². The minimum absolute atomic E-state index is 0.178. The maximum absolute atomic E-state index is 12.8. The van der Waals surface area contributed by atoms with Gasteiger partial charge >= 0.3 is 6.18 Å². The van der Waals surface area contributed by atoms with Gasteiger partial charge in [-0.2, -0.15) is 13.2 Å². The molecule has 2 N–H and O–H groups in total. The molecule has 1 fully saturated rings. The van der Waals surface area contributed by atoms with Crippen molar-refractivity contribution in [1.29, 1.82) is 0 Å². The van der Waals surface area contributed by atoms with Crippen LogP contribution in [0.25, 0.3) is 0 Å². The summed E-state index contributed by atoms with van der Waals surface area (Å²) in [6.07, 6.45) is -0.554. The summed E-state index contributed by atoms with van der Waals surface area (Å²) in [7, 11) is 0.829. The molecule has 1 aliphatic carbocycles. The van der Waals surface area contributed by atoms with E-state index in [-0.39, 0.29) is 17.8 Å². The van der Waals surface area contributed by atoms with Crippen molar-refractivity contribution in [3.63, 3.8) is 0 Å². The lowest BCUT2D eigenvalue weighted by Crippen LogP contribution is -2.46. The highest BCUT2D eigenvalue weighted by atomic mass is 32.2. The summed E-state index contributed by atoms with van der Waals surface area (Å²) in [5.41, 5.74) is -0.117. The van der Waals surface area contributed by atoms with E-state index in [1.54, 1.807) is 13.1 Å². The third-order valence-corrected chi connectivity index (χ3v) is 6.30. The summed E-state index contributed by atoms with van der Waals surface area (Å²) in [6.45, 7) is 2.18. The molecule has 0 heterocycles. The highest BCUT2D eigenvalue weighted by Gasteiger charge is 2.30. The number of halogens is 3. The van der Waals surface area contributed by atoms with Crippen LogP contribution in [0.4, 0.5) is 13.2 Å². The molecule has 2 rings (SSSR count). The van der Waals surface area contributed by atoms with Crippen LogP contribution in [0.5, 0.6) is 0 Å². The second kappa shape index (κ2) is 9.39. The van der Waals surface area contributed by atoms with Gasteiger partial charge in [0.05, 0.1) is 5.56 Å². The van der Waals surface area contributed by atoms with Gasteiger partial charge in [0.15, 0.2) is 5.96 Å². The SMILES string of the molecule is CCS(=O)C1CCCC(NC(=NC)NCc2cccc(C(F)(F)F)c2)C1. The zero-order valence-corrected chi connectivity index (χ0v) is 15.9. The van der Waals surface area contributed by atoms with E-state index in [1.807, 2.05) is 6.92 Å². The molecule has 4 nitrogen and oxygen atoms in total. The lowest BCUT2D eigenvalue weighted by molar-refractivity contribution is -0.137. The maximum Gasteiger partial charge on any atom is 0.416 e. The standard InChI is InChI=1S/C18H26F3N3OS/c1-3-26(25)16-9-5-8-15(11-16)24-17(22-2)23-12-13-6-4-7-14(10-13)18(19,20)21/h4,6-7,10,15-16H,3,5,8-9,11-12H2,1-2H3,(H2,22,23,24). The summed E-state index contributed by atoms with van der Waals surface area (Å²) < 4.78 is 50.4. The summed E-state index contributed by atoms with van der Waals surface area (Å²) in [5.74, 6) is 1.22. The van der Waals surface area contributed by atoms with Crippen molar-refractivity contribution in [3.8, 4) is 0 Å². The van der Waals surface area contributed by atoms with Crippen LogP contribution in [-0.2, 0) is 23.5 Å². The smallest absolute Gasteiger partial charge is 0.354 e. The number of alkyl halides is 3. The normalized spacial score (nSPS) is 22.7. The first-order valence-electron chi connectivity index (χ1n) is 8.84. The molecular formula is C18H26F3N3OS. The van der Waals surface area contributed by atoms with Crippen LogP contribution in [0, 0.1) is 0 Å². The molecule has 0 aromatic heterocycles. The van der Waals surface area contributed by atoms with E-state index in [0.29, 0.717) is 17.3 Å². The van der Waals surface area contributed by atoms with E-state index in [0.717, 1.165) is 37.8 Å². The Morgan fingerprint density at radius 3 is 2.77 bits per heavy atom. The van der Waals surface area contributed by atoms with Crippen molar-refractivity contribution in [2.45, 2.75) is 56.6 Å².